The summed E-state index contributed by atoms with van der Waals surface area (Å²) in [5.74, 6) is -0.593. The summed E-state index contributed by atoms with van der Waals surface area (Å²) >= 11 is 13.8. The van der Waals surface area contributed by atoms with Gasteiger partial charge in [-0.25, -0.2) is 4.79 Å². The number of nitrogens with one attached hydrogen (secondary N) is 2. The summed E-state index contributed by atoms with van der Waals surface area (Å²) in [5, 5.41) is 6.84. The zero-order valence-corrected chi connectivity index (χ0v) is 24.6. The molecule has 2 N–H and O–H groups in total. The molecule has 0 saturated heterocycles. The molecule has 0 radical (unpaired) electrons. The number of allylic oxidation sites excluding steroid dienone is 2. The summed E-state index contributed by atoms with van der Waals surface area (Å²) in [5.41, 5.74) is 1.97. The van der Waals surface area contributed by atoms with Gasteiger partial charge in [0.05, 0.1) is 32.5 Å². The lowest BCUT2D eigenvalue weighted by atomic mass is 9.62. The molecular formula is C29H33Cl2N3O4S. The summed E-state index contributed by atoms with van der Waals surface area (Å²) in [7, 11) is 0. The summed E-state index contributed by atoms with van der Waals surface area (Å²) in [6.45, 7) is 6.17. The summed E-state index contributed by atoms with van der Waals surface area (Å²) in [4.78, 5) is 43.7. The molecule has 208 valence electrons. The number of nitrogens with zero attached hydrogens (tertiary/aromatic N) is 1. The zero-order chi connectivity index (χ0) is 28.2. The summed E-state index contributed by atoms with van der Waals surface area (Å²) in [6, 6.07) is 6.56. The first-order valence-corrected chi connectivity index (χ1v) is 14.9. The van der Waals surface area contributed by atoms with E-state index in [9.17, 15) is 14.4 Å². The van der Waals surface area contributed by atoms with Crippen molar-refractivity contribution >= 4 is 58.3 Å². The maximum absolute atomic E-state index is 13.3. The van der Waals surface area contributed by atoms with Crippen LogP contribution in [0.3, 0.4) is 0 Å². The Labute approximate surface area is 243 Å². The predicted molar refractivity (Wildman–Crippen MR) is 156 cm³/mol. The fourth-order valence-electron chi connectivity index (χ4n) is 5.18. The SMILES string of the molecule is CCOC(=O)[C@H](Cc1ccc(NC(=O)c2c(Cl)cncc2Cl)cc1)NC1=C(SC(C)C)C(=O)C12CCCCC2. The van der Waals surface area contributed by atoms with Crippen LogP contribution in [0, 0.1) is 5.41 Å². The number of aromatic nitrogens is 1. The van der Waals surface area contributed by atoms with E-state index >= 15 is 0 Å². The fourth-order valence-corrected chi connectivity index (χ4v) is 6.86. The van der Waals surface area contributed by atoms with Gasteiger partial charge in [0, 0.05) is 35.4 Å². The molecule has 10 heteroatoms. The van der Waals surface area contributed by atoms with Gasteiger partial charge in [0.25, 0.3) is 5.91 Å². The van der Waals surface area contributed by atoms with E-state index in [0.717, 1.165) is 48.3 Å². The van der Waals surface area contributed by atoms with Crippen LogP contribution in [0.5, 0.6) is 0 Å². The Kier molecular flexibility index (Phi) is 9.62. The molecule has 1 heterocycles. The van der Waals surface area contributed by atoms with Crippen LogP contribution in [0.4, 0.5) is 5.69 Å². The smallest absolute Gasteiger partial charge is 0.328 e. The summed E-state index contributed by atoms with van der Waals surface area (Å²) < 4.78 is 5.41. The minimum atomic E-state index is -0.649. The molecular weight excluding hydrogens is 557 g/mol. The number of thioether (sulfide) groups is 1. The second-order valence-electron chi connectivity index (χ2n) is 10.1. The van der Waals surface area contributed by atoms with Gasteiger partial charge in [0.1, 0.15) is 6.04 Å². The first-order chi connectivity index (χ1) is 18.7. The van der Waals surface area contributed by atoms with E-state index in [1.807, 2.05) is 12.1 Å². The molecule has 1 spiro atoms. The van der Waals surface area contributed by atoms with E-state index in [-0.39, 0.29) is 39.2 Å². The van der Waals surface area contributed by atoms with Crippen LogP contribution in [-0.4, -0.2) is 40.5 Å². The summed E-state index contributed by atoms with van der Waals surface area (Å²) in [6.07, 6.45) is 7.84. The van der Waals surface area contributed by atoms with Gasteiger partial charge < -0.3 is 15.4 Å². The zero-order valence-electron chi connectivity index (χ0n) is 22.3. The van der Waals surface area contributed by atoms with Crippen LogP contribution in [0.25, 0.3) is 0 Å². The molecule has 1 atom stereocenters. The lowest BCUT2D eigenvalue weighted by Crippen LogP contribution is -2.54. The lowest BCUT2D eigenvalue weighted by Gasteiger charge is -2.47. The first-order valence-electron chi connectivity index (χ1n) is 13.2. The number of hydrogen-bond acceptors (Lipinski definition) is 7. The Balaban J connectivity index is 1.53. The number of pyridine rings is 1. The van der Waals surface area contributed by atoms with Gasteiger partial charge in [-0.1, -0.05) is 68.4 Å². The van der Waals surface area contributed by atoms with Crippen molar-refractivity contribution in [1.29, 1.82) is 0 Å². The number of benzene rings is 1. The van der Waals surface area contributed by atoms with Gasteiger partial charge in [-0.3, -0.25) is 14.6 Å². The second-order valence-corrected chi connectivity index (χ2v) is 12.5. The van der Waals surface area contributed by atoms with Gasteiger partial charge >= 0.3 is 5.97 Å². The lowest BCUT2D eigenvalue weighted by molar-refractivity contribution is -0.146. The highest BCUT2D eigenvalue weighted by molar-refractivity contribution is 8.04. The molecule has 2 aromatic rings. The molecule has 39 heavy (non-hydrogen) atoms. The number of ether oxygens (including phenoxy) is 1. The van der Waals surface area contributed by atoms with Gasteiger partial charge in [-0.2, -0.15) is 0 Å². The van der Waals surface area contributed by atoms with Crippen molar-refractivity contribution in [3.63, 3.8) is 0 Å². The number of carbonyl (C=O) groups is 3. The van der Waals surface area contributed by atoms with Crippen molar-refractivity contribution in [3.05, 3.63) is 68.4 Å². The van der Waals surface area contributed by atoms with Crippen LogP contribution >= 0.6 is 35.0 Å². The van der Waals surface area contributed by atoms with Crippen LogP contribution < -0.4 is 10.6 Å². The predicted octanol–water partition coefficient (Wildman–Crippen LogP) is 6.59. The minimum absolute atomic E-state index is 0.152. The van der Waals surface area contributed by atoms with Gasteiger partial charge in [0.15, 0.2) is 5.78 Å². The maximum Gasteiger partial charge on any atom is 0.328 e. The number of Topliss-reactive ketones (excluding diaryl/α,β-unsaturated/α-hetero) is 1. The standard InChI is InChI=1S/C29H33Cl2N3O4S/c1-4-38-28(37)22(34-25-24(39-17(2)3)26(35)29(25)12-6-5-7-13-29)14-18-8-10-19(11-9-18)33-27(36)23-20(30)15-32-16-21(23)31/h8-11,15-17,22,34H,4-7,12-14H2,1-3H3,(H,33,36)/t22-/m0/s1. The van der Waals surface area contributed by atoms with E-state index in [2.05, 4.69) is 29.5 Å². The topological polar surface area (TPSA) is 97.4 Å². The molecule has 4 rings (SSSR count). The molecule has 1 aromatic heterocycles. The van der Waals surface area contributed by atoms with Crippen LogP contribution in [0.15, 0.2) is 47.3 Å². The normalized spacial score (nSPS) is 17.1. The van der Waals surface area contributed by atoms with E-state index in [1.165, 1.54) is 12.4 Å². The van der Waals surface area contributed by atoms with Gasteiger partial charge in [-0.05, 0) is 37.5 Å². The molecule has 1 fully saturated rings. The third kappa shape index (κ3) is 6.44. The van der Waals surface area contributed by atoms with Crippen molar-refractivity contribution in [2.75, 3.05) is 11.9 Å². The van der Waals surface area contributed by atoms with Crippen molar-refractivity contribution in [1.82, 2.24) is 10.3 Å². The van der Waals surface area contributed by atoms with E-state index in [1.54, 1.807) is 30.8 Å². The van der Waals surface area contributed by atoms with Crippen molar-refractivity contribution in [2.24, 2.45) is 5.41 Å². The molecule has 0 aliphatic heterocycles. The molecule has 0 unspecified atom stereocenters. The molecule has 7 nitrogen and oxygen atoms in total. The van der Waals surface area contributed by atoms with Gasteiger partial charge in [-0.15, -0.1) is 11.8 Å². The Morgan fingerprint density at radius 3 is 2.31 bits per heavy atom. The quantitative estimate of drug-likeness (QED) is 0.301. The van der Waals surface area contributed by atoms with Crippen molar-refractivity contribution in [3.8, 4) is 0 Å². The van der Waals surface area contributed by atoms with E-state index < -0.39 is 17.4 Å². The molecule has 0 bridgehead atoms. The Morgan fingerprint density at radius 2 is 1.72 bits per heavy atom. The van der Waals surface area contributed by atoms with E-state index in [4.69, 9.17) is 27.9 Å². The average molecular weight is 591 g/mol. The maximum atomic E-state index is 13.3. The highest BCUT2D eigenvalue weighted by Gasteiger charge is 2.54. The number of hydrogen-bond donors (Lipinski definition) is 2. The van der Waals surface area contributed by atoms with Crippen LogP contribution in [0.1, 0.15) is 68.8 Å². The first kappa shape index (κ1) is 29.4. The number of halogens is 2. The number of carbonyl (C=O) groups excluding carboxylic acids is 3. The molecule has 1 aromatic carbocycles. The Morgan fingerprint density at radius 1 is 1.08 bits per heavy atom. The third-order valence-electron chi connectivity index (χ3n) is 7.03. The Bertz CT molecular complexity index is 1250. The number of ketones is 1. The molecule has 1 amide bonds. The average Bonchev–Trinajstić information content (AvgIpc) is 2.91. The third-order valence-corrected chi connectivity index (χ3v) is 8.70. The molecule has 1 saturated carbocycles. The van der Waals surface area contributed by atoms with E-state index in [0.29, 0.717) is 12.1 Å². The number of esters is 1. The molecule has 2 aliphatic rings. The fraction of sp³-hybridized carbons (Fsp3) is 0.448. The Hall–Kier alpha value is -2.55. The van der Waals surface area contributed by atoms with Crippen molar-refractivity contribution in [2.45, 2.75) is 70.6 Å². The largest absolute Gasteiger partial charge is 0.464 e. The second kappa shape index (κ2) is 12.7. The number of anilines is 1. The van der Waals surface area contributed by atoms with Crippen LogP contribution in [-0.2, 0) is 20.7 Å². The van der Waals surface area contributed by atoms with Crippen LogP contribution in [0.2, 0.25) is 10.0 Å². The monoisotopic (exact) mass is 589 g/mol. The van der Waals surface area contributed by atoms with Gasteiger partial charge in [0.2, 0.25) is 0 Å². The number of rotatable bonds is 10. The minimum Gasteiger partial charge on any atom is -0.464 e. The highest BCUT2D eigenvalue weighted by atomic mass is 35.5. The molecule has 2 aliphatic carbocycles. The highest BCUT2D eigenvalue weighted by Crippen LogP contribution is 2.55. The number of amides is 1. The van der Waals surface area contributed by atoms with Crippen molar-refractivity contribution < 1.29 is 19.1 Å².